The molecule has 1 aromatic rings. The number of nitrogens with zero attached hydrogens (tertiary/aromatic N) is 2. The number of carbonyl (C=O) groups is 2. The van der Waals surface area contributed by atoms with Crippen LogP contribution in [0.2, 0.25) is 0 Å². The van der Waals surface area contributed by atoms with Crippen LogP contribution in [0.3, 0.4) is 0 Å². The van der Waals surface area contributed by atoms with Gasteiger partial charge in [-0.1, -0.05) is 30.3 Å². The van der Waals surface area contributed by atoms with E-state index < -0.39 is 6.09 Å². The molecule has 0 bridgehead atoms. The Hall–Kier alpha value is -2.08. The van der Waals surface area contributed by atoms with Crippen molar-refractivity contribution in [2.24, 2.45) is 0 Å². The maximum absolute atomic E-state index is 12.1. The monoisotopic (exact) mass is 289 g/mol. The Bertz CT molecular complexity index is 520. The van der Waals surface area contributed by atoms with Crippen LogP contribution in [-0.4, -0.2) is 60.6 Å². The number of ether oxygens (including phenoxy) is 1. The maximum Gasteiger partial charge on any atom is 0.410 e. The molecule has 2 aliphatic rings. The fourth-order valence-corrected chi connectivity index (χ4v) is 2.78. The van der Waals surface area contributed by atoms with Gasteiger partial charge in [0, 0.05) is 26.2 Å². The highest BCUT2D eigenvalue weighted by Crippen LogP contribution is 2.14. The van der Waals surface area contributed by atoms with E-state index in [-0.39, 0.29) is 25.1 Å². The van der Waals surface area contributed by atoms with Crippen molar-refractivity contribution in [3.05, 3.63) is 35.9 Å². The Morgan fingerprint density at radius 2 is 2.14 bits per heavy atom. The fraction of sp³-hybridized carbons (Fsp3) is 0.467. The third-order valence-corrected chi connectivity index (χ3v) is 3.89. The number of hydrogen-bond acceptors (Lipinski definition) is 4. The summed E-state index contributed by atoms with van der Waals surface area (Å²) in [5.74, 6) is 0.00408. The quantitative estimate of drug-likeness (QED) is 0.858. The van der Waals surface area contributed by atoms with Crippen LogP contribution in [0, 0.1) is 0 Å². The number of benzene rings is 1. The van der Waals surface area contributed by atoms with Gasteiger partial charge in [0.15, 0.2) is 0 Å². The van der Waals surface area contributed by atoms with Gasteiger partial charge in [0.25, 0.3) is 0 Å². The van der Waals surface area contributed by atoms with E-state index in [1.165, 1.54) is 4.90 Å². The fourth-order valence-electron chi connectivity index (χ4n) is 2.78. The smallest absolute Gasteiger partial charge is 0.410 e. The Morgan fingerprint density at radius 1 is 1.33 bits per heavy atom. The van der Waals surface area contributed by atoms with Crippen molar-refractivity contribution in [2.45, 2.75) is 12.6 Å². The van der Waals surface area contributed by atoms with E-state index in [1.54, 1.807) is 0 Å². The van der Waals surface area contributed by atoms with Gasteiger partial charge in [0.2, 0.25) is 5.91 Å². The van der Waals surface area contributed by atoms with Gasteiger partial charge in [0.1, 0.15) is 13.2 Å². The van der Waals surface area contributed by atoms with Crippen LogP contribution in [0.1, 0.15) is 5.56 Å². The molecule has 0 spiro atoms. The molecular weight excluding hydrogens is 270 g/mol. The lowest BCUT2D eigenvalue weighted by Gasteiger charge is -2.43. The second-order valence-corrected chi connectivity index (χ2v) is 5.37. The molecule has 1 atom stereocenters. The molecule has 2 heterocycles. The molecule has 112 valence electrons. The van der Waals surface area contributed by atoms with Gasteiger partial charge in [-0.05, 0) is 5.56 Å². The molecule has 0 unspecified atom stereocenters. The minimum Gasteiger partial charge on any atom is -0.445 e. The molecule has 6 nitrogen and oxygen atoms in total. The van der Waals surface area contributed by atoms with Crippen LogP contribution >= 0.6 is 0 Å². The summed E-state index contributed by atoms with van der Waals surface area (Å²) in [6.07, 6.45) is -0.419. The summed E-state index contributed by atoms with van der Waals surface area (Å²) >= 11 is 0. The molecule has 2 amide bonds. The molecule has 1 aromatic carbocycles. The summed E-state index contributed by atoms with van der Waals surface area (Å²) in [7, 11) is 0. The number of carbonyl (C=O) groups excluding carboxylic acids is 2. The summed E-state index contributed by atoms with van der Waals surface area (Å²) in [5.41, 5.74) is 0.940. The zero-order valence-electron chi connectivity index (χ0n) is 11.8. The molecule has 0 aromatic heterocycles. The van der Waals surface area contributed by atoms with Gasteiger partial charge < -0.3 is 15.0 Å². The van der Waals surface area contributed by atoms with Crippen molar-refractivity contribution in [1.82, 2.24) is 15.1 Å². The largest absolute Gasteiger partial charge is 0.445 e. The highest BCUT2D eigenvalue weighted by Gasteiger charge is 2.36. The zero-order valence-corrected chi connectivity index (χ0v) is 11.8. The van der Waals surface area contributed by atoms with Crippen molar-refractivity contribution in [2.75, 3.05) is 32.7 Å². The molecule has 0 aliphatic carbocycles. The predicted octanol–water partition coefficient (Wildman–Crippen LogP) is 0.439. The van der Waals surface area contributed by atoms with E-state index in [0.29, 0.717) is 6.54 Å². The van der Waals surface area contributed by atoms with Crippen molar-refractivity contribution in [1.29, 1.82) is 0 Å². The minimum atomic E-state index is -0.419. The minimum absolute atomic E-state index is 0.00408. The summed E-state index contributed by atoms with van der Waals surface area (Å²) in [5, 5.41) is 3.25. The first kappa shape index (κ1) is 13.9. The first-order valence-corrected chi connectivity index (χ1v) is 7.20. The summed E-state index contributed by atoms with van der Waals surface area (Å²) < 4.78 is 5.29. The molecule has 2 saturated heterocycles. The highest BCUT2D eigenvalue weighted by atomic mass is 16.6. The second kappa shape index (κ2) is 6.13. The average Bonchev–Trinajstić information content (AvgIpc) is 2.53. The van der Waals surface area contributed by atoms with E-state index in [2.05, 4.69) is 5.32 Å². The summed E-state index contributed by atoms with van der Waals surface area (Å²) in [4.78, 5) is 27.5. The van der Waals surface area contributed by atoms with Crippen LogP contribution in [0.15, 0.2) is 30.3 Å². The summed E-state index contributed by atoms with van der Waals surface area (Å²) in [6.45, 7) is 3.15. The topological polar surface area (TPSA) is 61.9 Å². The molecule has 3 rings (SSSR count). The number of nitrogens with one attached hydrogen (secondary N) is 1. The number of hydrogen-bond donors (Lipinski definition) is 1. The number of fused-ring (bicyclic) bond motifs is 1. The van der Waals surface area contributed by atoms with Gasteiger partial charge in [-0.3, -0.25) is 9.69 Å². The Balaban J connectivity index is 1.56. The molecule has 2 fully saturated rings. The average molecular weight is 289 g/mol. The van der Waals surface area contributed by atoms with Crippen molar-refractivity contribution in [3.8, 4) is 0 Å². The molecule has 21 heavy (non-hydrogen) atoms. The van der Waals surface area contributed by atoms with Crippen LogP contribution in [0.5, 0.6) is 0 Å². The van der Waals surface area contributed by atoms with Gasteiger partial charge in [-0.15, -0.1) is 0 Å². The van der Waals surface area contributed by atoms with Crippen LogP contribution in [-0.2, 0) is 16.1 Å². The maximum atomic E-state index is 12.1. The van der Waals surface area contributed by atoms with E-state index in [4.69, 9.17) is 4.74 Å². The lowest BCUT2D eigenvalue weighted by molar-refractivity contribution is -0.140. The SMILES string of the molecule is O=C(OCc1ccccc1)N1CC(=O)N2CCNC[C@H]2C1. The first-order valence-electron chi connectivity index (χ1n) is 7.20. The van der Waals surface area contributed by atoms with Gasteiger partial charge in [-0.2, -0.15) is 0 Å². The Kier molecular flexibility index (Phi) is 4.06. The standard InChI is InChI=1S/C15H19N3O3/c19-14-10-17(9-13-8-16-6-7-18(13)14)15(20)21-11-12-4-2-1-3-5-12/h1-5,13,16H,6-11H2/t13-/m0/s1. The van der Waals surface area contributed by atoms with Crippen LogP contribution in [0.4, 0.5) is 4.79 Å². The van der Waals surface area contributed by atoms with Crippen molar-refractivity contribution >= 4 is 12.0 Å². The predicted molar refractivity (Wildman–Crippen MR) is 76.6 cm³/mol. The van der Waals surface area contributed by atoms with E-state index in [1.807, 2.05) is 35.2 Å². The number of piperazine rings is 2. The highest BCUT2D eigenvalue weighted by molar-refractivity contribution is 5.84. The van der Waals surface area contributed by atoms with E-state index in [9.17, 15) is 9.59 Å². The zero-order chi connectivity index (χ0) is 14.7. The molecule has 6 heteroatoms. The molecule has 1 N–H and O–H groups in total. The van der Waals surface area contributed by atoms with E-state index in [0.717, 1.165) is 25.2 Å². The Morgan fingerprint density at radius 3 is 2.95 bits per heavy atom. The summed E-state index contributed by atoms with van der Waals surface area (Å²) in [6, 6.07) is 9.59. The lowest BCUT2D eigenvalue weighted by Crippen LogP contribution is -2.64. The molecule has 0 radical (unpaired) electrons. The van der Waals surface area contributed by atoms with Crippen molar-refractivity contribution < 1.29 is 14.3 Å². The molecule has 2 aliphatic heterocycles. The van der Waals surface area contributed by atoms with Gasteiger partial charge in [0.05, 0.1) is 6.04 Å². The van der Waals surface area contributed by atoms with Crippen LogP contribution in [0.25, 0.3) is 0 Å². The normalized spacial score (nSPS) is 21.9. The van der Waals surface area contributed by atoms with Gasteiger partial charge >= 0.3 is 6.09 Å². The second-order valence-electron chi connectivity index (χ2n) is 5.37. The van der Waals surface area contributed by atoms with E-state index >= 15 is 0 Å². The third kappa shape index (κ3) is 3.16. The molecular formula is C15H19N3O3. The third-order valence-electron chi connectivity index (χ3n) is 3.89. The number of amides is 2. The first-order chi connectivity index (χ1) is 10.2. The molecule has 0 saturated carbocycles. The number of rotatable bonds is 2. The van der Waals surface area contributed by atoms with Crippen molar-refractivity contribution in [3.63, 3.8) is 0 Å². The Labute approximate surface area is 123 Å². The van der Waals surface area contributed by atoms with Gasteiger partial charge in [-0.25, -0.2) is 4.79 Å². The van der Waals surface area contributed by atoms with Crippen LogP contribution < -0.4 is 5.32 Å². The lowest BCUT2D eigenvalue weighted by atomic mass is 10.1.